The lowest BCUT2D eigenvalue weighted by atomic mass is 9.82. The number of amides is 1. The number of hydrogen-bond acceptors (Lipinski definition) is 7. The van der Waals surface area contributed by atoms with Crippen LogP contribution in [0.3, 0.4) is 0 Å². The molecule has 9 nitrogen and oxygen atoms in total. The first kappa shape index (κ1) is 28.8. The van der Waals surface area contributed by atoms with Gasteiger partial charge in [0.2, 0.25) is 15.9 Å². The van der Waals surface area contributed by atoms with E-state index < -0.39 is 27.9 Å². The molecule has 6 rings (SSSR count). The number of sulfonamides is 1. The number of carbonyl (C=O) groups excluding carboxylic acids is 1. The Hall–Kier alpha value is -3.28. The Labute approximate surface area is 250 Å². The van der Waals surface area contributed by atoms with Crippen molar-refractivity contribution < 1.29 is 23.1 Å². The number of benzene rings is 1. The molecular weight excluding hydrogens is 572 g/mol. The first-order valence-electron chi connectivity index (χ1n) is 14.7. The molecule has 2 saturated heterocycles. The summed E-state index contributed by atoms with van der Waals surface area (Å²) in [4.78, 5) is 35.6. The number of carbonyl (C=O) groups is 2. The highest BCUT2D eigenvalue weighted by molar-refractivity contribution is 7.89. The van der Waals surface area contributed by atoms with Crippen LogP contribution in [0.1, 0.15) is 60.2 Å². The van der Waals surface area contributed by atoms with Crippen LogP contribution in [0.5, 0.6) is 0 Å². The summed E-state index contributed by atoms with van der Waals surface area (Å²) >= 11 is 1.14. The molecule has 4 heterocycles. The summed E-state index contributed by atoms with van der Waals surface area (Å²) in [5.41, 5.74) is 2.03. The molecule has 2 aliphatic heterocycles. The van der Waals surface area contributed by atoms with E-state index in [9.17, 15) is 23.1 Å². The number of anilines is 2. The fourth-order valence-corrected chi connectivity index (χ4v) is 9.12. The van der Waals surface area contributed by atoms with Gasteiger partial charge in [-0.05, 0) is 61.8 Å². The smallest absolute Gasteiger partial charge is 0.348 e. The van der Waals surface area contributed by atoms with Crippen LogP contribution in [0.4, 0.5) is 11.5 Å². The Bertz CT molecular complexity index is 1580. The van der Waals surface area contributed by atoms with Crippen molar-refractivity contribution in [3.05, 3.63) is 59.1 Å². The molecule has 1 aliphatic carbocycles. The Morgan fingerprint density at radius 2 is 1.74 bits per heavy atom. The molecule has 3 aromatic rings. The summed E-state index contributed by atoms with van der Waals surface area (Å²) in [6, 6.07) is 12.5. The largest absolute Gasteiger partial charge is 0.477 e. The van der Waals surface area contributed by atoms with E-state index in [-0.39, 0.29) is 28.8 Å². The van der Waals surface area contributed by atoms with E-state index >= 15 is 0 Å². The molecule has 222 valence electrons. The Balaban J connectivity index is 1.35. The molecule has 3 aliphatic rings. The maximum atomic E-state index is 14.0. The first-order valence-corrected chi connectivity index (χ1v) is 17.0. The second kappa shape index (κ2) is 11.8. The van der Waals surface area contributed by atoms with Crippen molar-refractivity contribution >= 4 is 44.7 Å². The van der Waals surface area contributed by atoms with Gasteiger partial charge in [-0.1, -0.05) is 49.6 Å². The zero-order chi connectivity index (χ0) is 29.4. The zero-order valence-corrected chi connectivity index (χ0v) is 25.4. The number of pyridine rings is 1. The normalized spacial score (nSPS) is 20.8. The highest BCUT2D eigenvalue weighted by atomic mass is 32.2. The molecule has 42 heavy (non-hydrogen) atoms. The summed E-state index contributed by atoms with van der Waals surface area (Å²) in [6.07, 6.45) is 8.44. The molecule has 2 aromatic heterocycles. The van der Waals surface area contributed by atoms with Gasteiger partial charge < -0.3 is 14.9 Å². The minimum absolute atomic E-state index is 0.0693. The minimum atomic E-state index is -4.01. The SMILES string of the molecule is Cc1cc(S(=O)(=O)N2CC(=O)N(c3cc(-c4ccccc4)sc3C(=O)O)[C@H](C3CCCCC3)C2)cnc1N1CCCC1. The van der Waals surface area contributed by atoms with E-state index in [0.717, 1.165) is 91.2 Å². The number of thiophene rings is 1. The van der Waals surface area contributed by atoms with Crippen LogP contribution < -0.4 is 9.80 Å². The fourth-order valence-electron chi connectivity index (χ4n) is 6.69. The second-order valence-electron chi connectivity index (χ2n) is 11.5. The standard InChI is InChI=1S/C31H36N4O5S2/c1-21-16-24(18-32-30(21)33-14-8-9-15-33)42(39,40)34-19-26(22-10-4-2-5-11-22)35(28(36)20-34)25-17-27(41-29(25)31(37)38)23-12-6-3-7-13-23/h3,6-7,12-13,16-18,22,26H,2,4-5,8-11,14-15,19-20H2,1H3,(H,37,38)/t26-/m0/s1. The third kappa shape index (κ3) is 5.45. The van der Waals surface area contributed by atoms with Gasteiger partial charge in [0.25, 0.3) is 0 Å². The van der Waals surface area contributed by atoms with Crippen molar-refractivity contribution in [2.75, 3.05) is 36.0 Å². The number of hydrogen-bond donors (Lipinski definition) is 1. The van der Waals surface area contributed by atoms with Crippen LogP contribution in [-0.4, -0.2) is 66.9 Å². The van der Waals surface area contributed by atoms with Gasteiger partial charge in [-0.15, -0.1) is 11.3 Å². The Morgan fingerprint density at radius 3 is 2.40 bits per heavy atom. The van der Waals surface area contributed by atoms with E-state index in [2.05, 4.69) is 9.88 Å². The lowest BCUT2D eigenvalue weighted by molar-refractivity contribution is -0.121. The summed E-state index contributed by atoms with van der Waals surface area (Å²) in [7, 11) is -4.01. The molecule has 1 atom stereocenters. The number of aromatic nitrogens is 1. The predicted molar refractivity (Wildman–Crippen MR) is 164 cm³/mol. The van der Waals surface area contributed by atoms with Gasteiger partial charge in [-0.3, -0.25) is 4.79 Å². The van der Waals surface area contributed by atoms with Crippen molar-refractivity contribution in [3.8, 4) is 10.4 Å². The van der Waals surface area contributed by atoms with Crippen LogP contribution >= 0.6 is 11.3 Å². The van der Waals surface area contributed by atoms with E-state index in [1.54, 1.807) is 17.0 Å². The molecule has 11 heteroatoms. The highest BCUT2D eigenvalue weighted by Crippen LogP contribution is 2.42. The first-order chi connectivity index (χ1) is 20.2. The number of aromatic carboxylic acids is 1. The van der Waals surface area contributed by atoms with Gasteiger partial charge in [0, 0.05) is 30.7 Å². The van der Waals surface area contributed by atoms with Gasteiger partial charge in [0.1, 0.15) is 15.6 Å². The van der Waals surface area contributed by atoms with E-state index in [1.165, 1.54) is 10.5 Å². The number of carboxylic acid groups (broad SMARTS) is 1. The van der Waals surface area contributed by atoms with Crippen molar-refractivity contribution in [1.29, 1.82) is 0 Å². The average molecular weight is 609 g/mol. The molecule has 1 amide bonds. The second-order valence-corrected chi connectivity index (χ2v) is 14.5. The van der Waals surface area contributed by atoms with Gasteiger partial charge in [-0.25, -0.2) is 18.2 Å². The van der Waals surface area contributed by atoms with Gasteiger partial charge in [-0.2, -0.15) is 4.31 Å². The molecule has 0 radical (unpaired) electrons. The number of carboxylic acids is 1. The van der Waals surface area contributed by atoms with Crippen molar-refractivity contribution in [2.45, 2.75) is 62.8 Å². The molecule has 0 spiro atoms. The maximum Gasteiger partial charge on any atom is 0.348 e. The lowest BCUT2D eigenvalue weighted by Gasteiger charge is -2.44. The summed E-state index contributed by atoms with van der Waals surface area (Å²) < 4.78 is 29.2. The quantitative estimate of drug-likeness (QED) is 0.382. The van der Waals surface area contributed by atoms with Crippen molar-refractivity contribution in [2.24, 2.45) is 5.92 Å². The molecule has 0 unspecified atom stereocenters. The molecule has 3 fully saturated rings. The number of piperazine rings is 1. The van der Waals surface area contributed by atoms with Gasteiger partial charge in [0.05, 0.1) is 18.3 Å². The number of rotatable bonds is 7. The Morgan fingerprint density at radius 1 is 1.02 bits per heavy atom. The topological polar surface area (TPSA) is 111 Å². The van der Waals surface area contributed by atoms with Gasteiger partial charge in [0.15, 0.2) is 0 Å². The number of nitrogens with zero attached hydrogens (tertiary/aromatic N) is 4. The lowest BCUT2D eigenvalue weighted by Crippen LogP contribution is -2.60. The fraction of sp³-hybridized carbons (Fsp3) is 0.452. The van der Waals surface area contributed by atoms with E-state index in [1.807, 2.05) is 37.3 Å². The van der Waals surface area contributed by atoms with Crippen LogP contribution in [-0.2, 0) is 14.8 Å². The summed E-state index contributed by atoms with van der Waals surface area (Å²) in [6.45, 7) is 3.45. The van der Waals surface area contributed by atoms with E-state index in [4.69, 9.17) is 0 Å². The Kier molecular flexibility index (Phi) is 8.08. The third-order valence-electron chi connectivity index (χ3n) is 8.79. The summed E-state index contributed by atoms with van der Waals surface area (Å²) in [5.74, 6) is -0.624. The van der Waals surface area contributed by atoms with Crippen LogP contribution in [0.2, 0.25) is 0 Å². The van der Waals surface area contributed by atoms with Crippen LogP contribution in [0.15, 0.2) is 53.6 Å². The van der Waals surface area contributed by atoms with Crippen LogP contribution in [0, 0.1) is 12.8 Å². The predicted octanol–water partition coefficient (Wildman–Crippen LogP) is 5.40. The number of aryl methyl sites for hydroxylation is 1. The maximum absolute atomic E-state index is 14.0. The molecule has 1 saturated carbocycles. The van der Waals surface area contributed by atoms with Crippen LogP contribution in [0.25, 0.3) is 10.4 Å². The molecular formula is C31H36N4O5S2. The molecule has 1 aromatic carbocycles. The van der Waals surface area contributed by atoms with Crippen molar-refractivity contribution in [3.63, 3.8) is 0 Å². The minimum Gasteiger partial charge on any atom is -0.477 e. The molecule has 0 bridgehead atoms. The van der Waals surface area contributed by atoms with Crippen molar-refractivity contribution in [1.82, 2.24) is 9.29 Å². The third-order valence-corrected chi connectivity index (χ3v) is 11.7. The summed E-state index contributed by atoms with van der Waals surface area (Å²) in [5, 5.41) is 10.2. The van der Waals surface area contributed by atoms with E-state index in [0.29, 0.717) is 5.69 Å². The zero-order valence-electron chi connectivity index (χ0n) is 23.7. The monoisotopic (exact) mass is 608 g/mol. The molecule has 1 N–H and O–H groups in total. The highest BCUT2D eigenvalue weighted by Gasteiger charge is 2.44. The average Bonchev–Trinajstić information content (AvgIpc) is 3.69. The van der Waals surface area contributed by atoms with Gasteiger partial charge >= 0.3 is 5.97 Å².